The van der Waals surface area contributed by atoms with Gasteiger partial charge in [-0.05, 0) is 88.1 Å². The van der Waals surface area contributed by atoms with Crippen molar-refractivity contribution < 1.29 is 31.5 Å². The number of ether oxygens (including phenoxy) is 2. The standard InChI is InChI=1S/C35H36F2N6O6S/c1-35(2,3)49-34(45)41-15-4-5-23(19-41)22-6-8-25(9-7-22)43-21-39-30-12-10-26(17-27(30)33(43)44)48-32-28(18-38)31(13-11-29(32)37)40-50(46,47)42-16-14-24(36)20-42/h6-13,17,21,23-24,40H,4-5,14-16,19-20H2,1-3H3/t23?,24-/m1/s1. The summed E-state index contributed by atoms with van der Waals surface area (Å²) in [4.78, 5) is 32.4. The number of alkyl halides is 1. The Morgan fingerprint density at radius 2 is 1.82 bits per heavy atom. The van der Waals surface area contributed by atoms with Gasteiger partial charge in [0.05, 0.1) is 22.3 Å². The van der Waals surface area contributed by atoms with Crippen LogP contribution >= 0.6 is 0 Å². The van der Waals surface area contributed by atoms with Crippen molar-refractivity contribution in [3.63, 3.8) is 0 Å². The van der Waals surface area contributed by atoms with Crippen LogP contribution < -0.4 is 15.0 Å². The van der Waals surface area contributed by atoms with Crippen molar-refractivity contribution in [2.75, 3.05) is 30.9 Å². The van der Waals surface area contributed by atoms with Crippen LogP contribution in [0.2, 0.25) is 0 Å². The molecule has 2 aliphatic rings. The number of nitrogens with zero attached hydrogens (tertiary/aromatic N) is 5. The molecule has 0 radical (unpaired) electrons. The third-order valence-electron chi connectivity index (χ3n) is 8.56. The van der Waals surface area contributed by atoms with Gasteiger partial charge in [-0.3, -0.25) is 14.1 Å². The number of halogens is 2. The molecule has 50 heavy (non-hydrogen) atoms. The second kappa shape index (κ2) is 13.7. The third kappa shape index (κ3) is 7.41. The summed E-state index contributed by atoms with van der Waals surface area (Å²) in [5.74, 6) is -1.38. The topological polar surface area (TPSA) is 147 Å². The molecule has 1 N–H and O–H groups in total. The largest absolute Gasteiger partial charge is 0.453 e. The highest BCUT2D eigenvalue weighted by Crippen LogP contribution is 2.35. The monoisotopic (exact) mass is 706 g/mol. The van der Waals surface area contributed by atoms with Crippen molar-refractivity contribution in [2.24, 2.45) is 0 Å². The summed E-state index contributed by atoms with van der Waals surface area (Å²) >= 11 is 0. The molecule has 262 valence electrons. The summed E-state index contributed by atoms with van der Waals surface area (Å²) in [5, 5.41) is 10.0. The van der Waals surface area contributed by atoms with Gasteiger partial charge in [0.2, 0.25) is 0 Å². The van der Waals surface area contributed by atoms with Crippen LogP contribution in [0.3, 0.4) is 0 Å². The van der Waals surface area contributed by atoms with Gasteiger partial charge in [-0.25, -0.2) is 18.6 Å². The van der Waals surface area contributed by atoms with Crippen molar-refractivity contribution >= 4 is 32.9 Å². The van der Waals surface area contributed by atoms with Gasteiger partial charge in [0.1, 0.15) is 35.5 Å². The van der Waals surface area contributed by atoms with E-state index in [1.54, 1.807) is 23.1 Å². The van der Waals surface area contributed by atoms with E-state index in [-0.39, 0.29) is 48.3 Å². The van der Waals surface area contributed by atoms with Gasteiger partial charge in [-0.15, -0.1) is 0 Å². The second-order valence-electron chi connectivity index (χ2n) is 13.3. The molecule has 2 saturated heterocycles. The molecule has 3 heterocycles. The maximum atomic E-state index is 15.0. The number of carbonyl (C=O) groups excluding carboxylic acids is 1. The molecule has 2 fully saturated rings. The minimum absolute atomic E-state index is 0.00607. The van der Waals surface area contributed by atoms with Gasteiger partial charge in [-0.1, -0.05) is 12.1 Å². The van der Waals surface area contributed by atoms with Gasteiger partial charge in [0, 0.05) is 32.1 Å². The van der Waals surface area contributed by atoms with E-state index in [4.69, 9.17) is 9.47 Å². The molecule has 0 bridgehead atoms. The van der Waals surface area contributed by atoms with Crippen molar-refractivity contribution in [3.8, 4) is 23.3 Å². The molecule has 0 aliphatic carbocycles. The first-order valence-corrected chi connectivity index (χ1v) is 17.6. The van der Waals surface area contributed by atoms with Crippen LogP contribution in [0.4, 0.5) is 19.3 Å². The Bertz CT molecular complexity index is 2150. The molecule has 15 heteroatoms. The SMILES string of the molecule is CC(C)(C)OC(=O)N1CCCC(c2ccc(-n3cnc4ccc(Oc5c(F)ccc(NS(=O)(=O)N6CC[C@@H](F)C6)c5C#N)cc4c3=O)cc2)C1. The number of fused-ring (bicyclic) bond motifs is 1. The molecule has 0 saturated carbocycles. The molecule has 1 unspecified atom stereocenters. The van der Waals surface area contributed by atoms with E-state index in [1.807, 2.05) is 32.9 Å². The highest BCUT2D eigenvalue weighted by molar-refractivity contribution is 7.90. The number of nitrogens with one attached hydrogen (secondary N) is 1. The highest BCUT2D eigenvalue weighted by atomic mass is 32.2. The lowest BCUT2D eigenvalue weighted by molar-refractivity contribution is 0.0198. The Morgan fingerprint density at radius 3 is 2.50 bits per heavy atom. The van der Waals surface area contributed by atoms with E-state index in [0.717, 1.165) is 34.8 Å². The molecule has 12 nitrogen and oxygen atoms in total. The summed E-state index contributed by atoms with van der Waals surface area (Å²) in [5.41, 5.74) is 0.228. The first-order chi connectivity index (χ1) is 23.7. The van der Waals surface area contributed by atoms with E-state index < -0.39 is 44.7 Å². The molecule has 6 rings (SSSR count). The fraction of sp³-hybridized carbons (Fsp3) is 0.371. The first-order valence-electron chi connectivity index (χ1n) is 16.1. The van der Waals surface area contributed by atoms with Crippen LogP contribution in [-0.4, -0.2) is 71.2 Å². The van der Waals surface area contributed by atoms with Gasteiger partial charge in [-0.2, -0.15) is 18.0 Å². The Labute approximate surface area is 288 Å². The maximum Gasteiger partial charge on any atom is 0.410 e. The number of nitriles is 1. The lowest BCUT2D eigenvalue weighted by Crippen LogP contribution is -2.42. The molecule has 0 spiro atoms. The van der Waals surface area contributed by atoms with Crippen molar-refractivity contribution in [2.45, 2.75) is 57.7 Å². The summed E-state index contributed by atoms with van der Waals surface area (Å²) in [6, 6.07) is 15.6. The molecule has 1 aromatic heterocycles. The first kappa shape index (κ1) is 34.8. The molecule has 1 amide bonds. The number of amides is 1. The zero-order chi connectivity index (χ0) is 35.8. The summed E-state index contributed by atoms with van der Waals surface area (Å²) < 4.78 is 70.2. The Balaban J connectivity index is 1.23. The van der Waals surface area contributed by atoms with Crippen LogP contribution in [0.25, 0.3) is 16.6 Å². The normalized spacial score (nSPS) is 18.5. The fourth-order valence-electron chi connectivity index (χ4n) is 6.08. The molecule has 2 aliphatic heterocycles. The number of likely N-dealkylation sites (tertiary alicyclic amines) is 1. The Morgan fingerprint density at radius 1 is 1.06 bits per heavy atom. The van der Waals surface area contributed by atoms with E-state index >= 15 is 4.39 Å². The van der Waals surface area contributed by atoms with Crippen LogP contribution in [0.5, 0.6) is 11.5 Å². The molecule has 2 atom stereocenters. The zero-order valence-corrected chi connectivity index (χ0v) is 28.5. The third-order valence-corrected chi connectivity index (χ3v) is 10.0. The van der Waals surface area contributed by atoms with Crippen molar-refractivity contribution in [1.82, 2.24) is 18.8 Å². The van der Waals surface area contributed by atoms with Crippen LogP contribution in [-0.2, 0) is 14.9 Å². The summed E-state index contributed by atoms with van der Waals surface area (Å²) in [6.07, 6.45) is 1.54. The predicted octanol–water partition coefficient (Wildman–Crippen LogP) is 6.00. The van der Waals surface area contributed by atoms with Crippen LogP contribution in [0.15, 0.2) is 65.7 Å². The number of piperidine rings is 1. The Hall–Kier alpha value is -5.07. The summed E-state index contributed by atoms with van der Waals surface area (Å²) in [7, 11) is -4.23. The van der Waals surface area contributed by atoms with Crippen molar-refractivity contribution in [1.29, 1.82) is 5.26 Å². The minimum atomic E-state index is -4.23. The summed E-state index contributed by atoms with van der Waals surface area (Å²) in [6.45, 7) is 6.29. The van der Waals surface area contributed by atoms with Crippen molar-refractivity contribution in [3.05, 3.63) is 88.2 Å². The average molecular weight is 707 g/mol. The lowest BCUT2D eigenvalue weighted by atomic mass is 9.90. The second-order valence-corrected chi connectivity index (χ2v) is 15.0. The number of carbonyl (C=O) groups is 1. The zero-order valence-electron chi connectivity index (χ0n) is 27.7. The van der Waals surface area contributed by atoms with Gasteiger partial charge >= 0.3 is 16.3 Å². The number of benzene rings is 3. The van der Waals surface area contributed by atoms with Gasteiger partial charge in [0.25, 0.3) is 5.56 Å². The maximum absolute atomic E-state index is 15.0. The van der Waals surface area contributed by atoms with Crippen LogP contribution in [0.1, 0.15) is 57.1 Å². The predicted molar refractivity (Wildman–Crippen MR) is 182 cm³/mol. The van der Waals surface area contributed by atoms with Gasteiger partial charge in [0.15, 0.2) is 11.6 Å². The smallest absolute Gasteiger partial charge is 0.410 e. The molecule has 3 aromatic carbocycles. The quantitative estimate of drug-likeness (QED) is 0.246. The van der Waals surface area contributed by atoms with E-state index in [2.05, 4.69) is 9.71 Å². The molecular formula is C35H36F2N6O6S. The molecule has 4 aromatic rings. The number of anilines is 1. The number of aromatic nitrogens is 2. The van der Waals surface area contributed by atoms with E-state index in [9.17, 15) is 27.7 Å². The van der Waals surface area contributed by atoms with Crippen LogP contribution in [0, 0.1) is 17.1 Å². The fourth-order valence-corrected chi connectivity index (χ4v) is 7.36. The van der Waals surface area contributed by atoms with E-state index in [1.165, 1.54) is 29.1 Å². The number of hydrogen-bond acceptors (Lipinski definition) is 8. The average Bonchev–Trinajstić information content (AvgIpc) is 3.53. The van der Waals surface area contributed by atoms with E-state index in [0.29, 0.717) is 24.3 Å². The number of rotatable bonds is 7. The minimum Gasteiger partial charge on any atom is -0.453 e. The van der Waals surface area contributed by atoms with Gasteiger partial charge < -0.3 is 14.4 Å². The highest BCUT2D eigenvalue weighted by Gasteiger charge is 2.33. The Kier molecular flexibility index (Phi) is 9.52. The molecular weight excluding hydrogens is 670 g/mol. The lowest BCUT2D eigenvalue weighted by Gasteiger charge is -2.34. The number of hydrogen-bond donors (Lipinski definition) is 1.